The van der Waals surface area contributed by atoms with Crippen molar-refractivity contribution in [2.45, 2.75) is 33.2 Å². The monoisotopic (exact) mass is 565 g/mol. The molecular weight excluding hydrogens is 530 g/mol. The lowest BCUT2D eigenvalue weighted by Gasteiger charge is -2.40. The van der Waals surface area contributed by atoms with Crippen molar-refractivity contribution in [3.63, 3.8) is 0 Å². The van der Waals surface area contributed by atoms with Gasteiger partial charge < -0.3 is 30.3 Å². The number of piperazine rings is 1. The quantitative estimate of drug-likeness (QED) is 0.166. The first kappa shape index (κ1) is 30.8. The second kappa shape index (κ2) is 13.6. The number of hydrogen-bond donors (Lipinski definition) is 3. The lowest BCUT2D eigenvalue weighted by Crippen LogP contribution is -2.61. The first-order valence-electron chi connectivity index (χ1n) is 13.0. The van der Waals surface area contributed by atoms with Gasteiger partial charge in [-0.3, -0.25) is 29.4 Å². The first-order valence-corrected chi connectivity index (χ1v) is 13.0. The number of nitrogens with two attached hydrogens (primary N) is 1. The molecule has 2 aromatic carbocycles. The summed E-state index contributed by atoms with van der Waals surface area (Å²) in [5, 5.41) is 10.0. The molecule has 1 fully saturated rings. The normalized spacial score (nSPS) is 15.2. The Morgan fingerprint density at radius 3 is 2.22 bits per heavy atom. The molecule has 4 N–H and O–H groups in total. The fourth-order valence-corrected chi connectivity index (χ4v) is 4.06. The van der Waals surface area contributed by atoms with E-state index in [0.717, 1.165) is 5.56 Å². The number of benzene rings is 2. The number of carbonyl (C=O) groups excluding carboxylic acids is 5. The summed E-state index contributed by atoms with van der Waals surface area (Å²) in [6.45, 7) is 3.95. The van der Waals surface area contributed by atoms with Gasteiger partial charge >= 0.3 is 11.9 Å². The minimum Gasteiger partial charge on any atom is -0.427 e. The van der Waals surface area contributed by atoms with Gasteiger partial charge in [-0.1, -0.05) is 42.5 Å². The number of amidine groups is 1. The molecule has 12 nitrogen and oxygen atoms in total. The Morgan fingerprint density at radius 1 is 0.976 bits per heavy atom. The Bertz CT molecular complexity index is 1290. The van der Waals surface area contributed by atoms with E-state index in [-0.39, 0.29) is 44.0 Å². The van der Waals surface area contributed by atoms with E-state index in [9.17, 15) is 24.0 Å². The predicted molar refractivity (Wildman–Crippen MR) is 149 cm³/mol. The highest BCUT2D eigenvalue weighted by atomic mass is 16.7. The maximum atomic E-state index is 13.5. The van der Waals surface area contributed by atoms with E-state index in [1.165, 1.54) is 34.1 Å². The summed E-state index contributed by atoms with van der Waals surface area (Å²) in [5.74, 6) is -2.80. The third-order valence-electron chi connectivity index (χ3n) is 6.38. The van der Waals surface area contributed by atoms with E-state index in [2.05, 4.69) is 5.32 Å². The number of nitrogen functional groups attached to an aromatic ring is 1. The lowest BCUT2D eigenvalue weighted by molar-refractivity contribution is -0.175. The second-order valence-corrected chi connectivity index (χ2v) is 10.5. The smallest absolute Gasteiger partial charge is 0.328 e. The van der Waals surface area contributed by atoms with Gasteiger partial charge in [0.2, 0.25) is 18.6 Å². The van der Waals surface area contributed by atoms with Crippen LogP contribution in [0.2, 0.25) is 0 Å². The molecule has 1 atom stereocenters. The summed E-state index contributed by atoms with van der Waals surface area (Å²) in [4.78, 5) is 66.2. The third-order valence-corrected chi connectivity index (χ3v) is 6.38. The van der Waals surface area contributed by atoms with Gasteiger partial charge in [0, 0.05) is 30.6 Å². The second-order valence-electron chi connectivity index (χ2n) is 10.5. The number of nitrogens with zero attached hydrogens (tertiary/aromatic N) is 2. The van der Waals surface area contributed by atoms with E-state index in [1.807, 2.05) is 30.3 Å². The minimum atomic E-state index is -0.906. The topological polar surface area (TPSA) is 172 Å². The number of nitrogens with one attached hydrogen (secondary N) is 2. The zero-order valence-electron chi connectivity index (χ0n) is 23.3. The molecular formula is C29H35N5O7. The van der Waals surface area contributed by atoms with Gasteiger partial charge in [0.1, 0.15) is 18.4 Å². The van der Waals surface area contributed by atoms with Crippen LogP contribution in [0.5, 0.6) is 0 Å². The molecule has 0 saturated carbocycles. The molecule has 0 unspecified atom stereocenters. The maximum Gasteiger partial charge on any atom is 0.328 e. The van der Waals surface area contributed by atoms with Crippen LogP contribution in [0, 0.1) is 10.8 Å². The van der Waals surface area contributed by atoms with Crippen LogP contribution in [0.3, 0.4) is 0 Å². The SMILES string of the molecule is CC(C)(C)C(=O)OCOC(=O)CN1CCN(C(=O)CNC(=O)c2ccc(C(=N)N)cc2)[C@@H](Cc2ccccc2)C1=O. The van der Waals surface area contributed by atoms with Gasteiger partial charge in [0.25, 0.3) is 5.91 Å². The van der Waals surface area contributed by atoms with Crippen molar-refractivity contribution in [1.82, 2.24) is 15.1 Å². The van der Waals surface area contributed by atoms with Gasteiger partial charge in [0.05, 0.1) is 12.0 Å². The average molecular weight is 566 g/mol. The number of esters is 2. The molecule has 1 saturated heterocycles. The Kier molecular flexibility index (Phi) is 10.2. The standard InChI is InChI=1S/C29H35N5O7/c1-29(2,3)28(39)41-18-40-24(36)17-33-13-14-34(22(27(33)38)15-19-7-5-4-6-8-19)23(35)16-32-26(37)21-11-9-20(10-12-21)25(30)31/h4-12,22H,13-18H2,1-3H3,(H3,30,31)(H,32,37)/t22-/m0/s1. The van der Waals surface area contributed by atoms with E-state index in [0.29, 0.717) is 5.56 Å². The van der Waals surface area contributed by atoms with Crippen LogP contribution in [0.25, 0.3) is 0 Å². The van der Waals surface area contributed by atoms with Gasteiger partial charge in [-0.15, -0.1) is 0 Å². The molecule has 2 aromatic rings. The molecule has 12 heteroatoms. The largest absolute Gasteiger partial charge is 0.427 e. The van der Waals surface area contributed by atoms with Crippen molar-refractivity contribution in [2.24, 2.45) is 11.1 Å². The predicted octanol–water partition coefficient (Wildman–Crippen LogP) is 1.07. The van der Waals surface area contributed by atoms with E-state index in [1.54, 1.807) is 20.8 Å². The number of carbonyl (C=O) groups is 5. The van der Waals surface area contributed by atoms with Crippen LogP contribution in [0.4, 0.5) is 0 Å². The summed E-state index contributed by atoms with van der Waals surface area (Å²) in [5.41, 5.74) is 6.26. The minimum absolute atomic E-state index is 0.0766. The van der Waals surface area contributed by atoms with E-state index in [4.69, 9.17) is 20.6 Å². The Labute approximate surface area is 238 Å². The van der Waals surface area contributed by atoms with Crippen LogP contribution in [0.1, 0.15) is 42.3 Å². The summed E-state index contributed by atoms with van der Waals surface area (Å²) in [6, 6.07) is 14.3. The molecule has 1 heterocycles. The van der Waals surface area contributed by atoms with Crippen molar-refractivity contribution in [1.29, 1.82) is 5.41 Å². The van der Waals surface area contributed by atoms with Crippen molar-refractivity contribution in [2.75, 3.05) is 33.0 Å². The Hall–Kier alpha value is -4.74. The molecule has 3 rings (SSSR count). The van der Waals surface area contributed by atoms with Crippen molar-refractivity contribution in [3.05, 3.63) is 71.3 Å². The number of hydrogen-bond acceptors (Lipinski definition) is 8. The van der Waals surface area contributed by atoms with Gasteiger partial charge in [0.15, 0.2) is 0 Å². The fourth-order valence-electron chi connectivity index (χ4n) is 4.06. The lowest BCUT2D eigenvalue weighted by atomic mass is 9.98. The van der Waals surface area contributed by atoms with Crippen molar-refractivity contribution < 1.29 is 33.4 Å². The number of rotatable bonds is 10. The molecule has 0 bridgehead atoms. The fraction of sp³-hybridized carbons (Fsp3) is 0.379. The molecule has 0 radical (unpaired) electrons. The van der Waals surface area contributed by atoms with Gasteiger partial charge in [-0.2, -0.15) is 0 Å². The first-order chi connectivity index (χ1) is 19.4. The van der Waals surface area contributed by atoms with Crippen LogP contribution in [-0.2, 0) is 35.1 Å². The number of ether oxygens (including phenoxy) is 2. The van der Waals surface area contributed by atoms with Gasteiger partial charge in [-0.05, 0) is 38.5 Å². The average Bonchev–Trinajstić information content (AvgIpc) is 2.93. The highest BCUT2D eigenvalue weighted by molar-refractivity contribution is 5.99. The molecule has 3 amide bonds. The summed E-state index contributed by atoms with van der Waals surface area (Å²) in [7, 11) is 0. The van der Waals surface area contributed by atoms with Crippen molar-refractivity contribution in [3.8, 4) is 0 Å². The highest BCUT2D eigenvalue weighted by Crippen LogP contribution is 2.18. The molecule has 218 valence electrons. The van der Waals surface area contributed by atoms with Crippen molar-refractivity contribution >= 4 is 35.5 Å². The van der Waals surface area contributed by atoms with E-state index >= 15 is 0 Å². The molecule has 1 aliphatic heterocycles. The van der Waals surface area contributed by atoms with Crippen LogP contribution >= 0.6 is 0 Å². The van der Waals surface area contributed by atoms with Crippen LogP contribution in [0.15, 0.2) is 54.6 Å². The molecule has 0 spiro atoms. The summed E-state index contributed by atoms with van der Waals surface area (Å²) < 4.78 is 9.94. The molecule has 1 aliphatic rings. The zero-order valence-corrected chi connectivity index (χ0v) is 23.3. The summed E-state index contributed by atoms with van der Waals surface area (Å²) >= 11 is 0. The molecule has 0 aliphatic carbocycles. The molecule has 41 heavy (non-hydrogen) atoms. The van der Waals surface area contributed by atoms with Crippen LogP contribution < -0.4 is 11.1 Å². The van der Waals surface area contributed by atoms with Gasteiger partial charge in [-0.25, -0.2) is 0 Å². The van der Waals surface area contributed by atoms with Crippen LogP contribution in [-0.4, -0.2) is 84.3 Å². The Balaban J connectivity index is 1.63. The highest BCUT2D eigenvalue weighted by Gasteiger charge is 2.38. The zero-order chi connectivity index (χ0) is 30.2. The maximum absolute atomic E-state index is 13.5. The molecule has 0 aromatic heterocycles. The number of amides is 3. The Morgan fingerprint density at radius 2 is 1.61 bits per heavy atom. The third kappa shape index (κ3) is 8.62. The summed E-state index contributed by atoms with van der Waals surface area (Å²) in [6.07, 6.45) is 0.209. The van der Waals surface area contributed by atoms with E-state index < -0.39 is 47.9 Å².